The van der Waals surface area contributed by atoms with Crippen LogP contribution in [0, 0.1) is 0 Å². The molecule has 0 amide bonds. The third-order valence-electron chi connectivity index (χ3n) is 3.26. The minimum Gasteiger partial charge on any atom is -0.327 e. The highest BCUT2D eigenvalue weighted by atomic mass is 19.3. The van der Waals surface area contributed by atoms with Gasteiger partial charge in [0.2, 0.25) is 0 Å². The van der Waals surface area contributed by atoms with E-state index in [2.05, 4.69) is 5.10 Å². The average molecular weight is 215 g/mol. The second kappa shape index (κ2) is 3.27. The maximum Gasteiger partial charge on any atom is 0.282 e. The van der Waals surface area contributed by atoms with Gasteiger partial charge in [-0.05, 0) is 19.8 Å². The van der Waals surface area contributed by atoms with Crippen LogP contribution < -0.4 is 5.73 Å². The fourth-order valence-corrected chi connectivity index (χ4v) is 2.16. The molecule has 15 heavy (non-hydrogen) atoms. The Morgan fingerprint density at radius 2 is 2.13 bits per heavy atom. The van der Waals surface area contributed by atoms with Gasteiger partial charge in [0.25, 0.3) is 6.43 Å². The van der Waals surface area contributed by atoms with E-state index in [9.17, 15) is 8.78 Å². The minimum atomic E-state index is -2.52. The third-order valence-corrected chi connectivity index (χ3v) is 3.26. The number of aryl methyl sites for hydroxylation is 1. The second-order valence-electron chi connectivity index (χ2n) is 4.35. The molecular formula is C10H15F2N3. The largest absolute Gasteiger partial charge is 0.327 e. The summed E-state index contributed by atoms with van der Waals surface area (Å²) in [5, 5.41) is 3.81. The molecule has 1 atom stereocenters. The standard InChI is InChI=1S/C10H15F2N3/c1-6(13)10(3-4-10)7-5-15(2)14-8(7)9(11)12/h5-6,9H,3-4,13H2,1-2H3. The molecule has 1 heterocycles. The van der Waals surface area contributed by atoms with Gasteiger partial charge in [-0.25, -0.2) is 8.78 Å². The molecule has 0 bridgehead atoms. The van der Waals surface area contributed by atoms with Crippen LogP contribution in [-0.2, 0) is 12.5 Å². The van der Waals surface area contributed by atoms with Crippen LogP contribution in [0.4, 0.5) is 8.78 Å². The van der Waals surface area contributed by atoms with E-state index in [1.165, 1.54) is 4.68 Å². The van der Waals surface area contributed by atoms with Gasteiger partial charge >= 0.3 is 0 Å². The van der Waals surface area contributed by atoms with E-state index in [1.54, 1.807) is 13.2 Å². The van der Waals surface area contributed by atoms with Crippen LogP contribution in [0.1, 0.15) is 37.4 Å². The molecule has 2 N–H and O–H groups in total. The summed E-state index contributed by atoms with van der Waals surface area (Å²) in [6.45, 7) is 1.87. The molecule has 1 aromatic heterocycles. The first-order chi connectivity index (χ1) is 6.97. The lowest BCUT2D eigenvalue weighted by molar-refractivity contribution is 0.143. The minimum absolute atomic E-state index is 0.0980. The number of hydrogen-bond acceptors (Lipinski definition) is 2. The number of hydrogen-bond donors (Lipinski definition) is 1. The normalized spacial score (nSPS) is 20.7. The summed E-state index contributed by atoms with van der Waals surface area (Å²) in [5.41, 5.74) is 6.14. The maximum absolute atomic E-state index is 12.7. The zero-order chi connectivity index (χ0) is 11.2. The van der Waals surface area contributed by atoms with Gasteiger partial charge in [0.1, 0.15) is 5.69 Å². The molecule has 5 heteroatoms. The monoisotopic (exact) mass is 215 g/mol. The Morgan fingerprint density at radius 1 is 1.53 bits per heavy atom. The van der Waals surface area contributed by atoms with E-state index in [4.69, 9.17) is 5.73 Å². The Hall–Kier alpha value is -0.970. The molecule has 1 unspecified atom stereocenters. The molecule has 1 aromatic rings. The van der Waals surface area contributed by atoms with E-state index < -0.39 is 6.43 Å². The van der Waals surface area contributed by atoms with Crippen molar-refractivity contribution >= 4 is 0 Å². The molecular weight excluding hydrogens is 200 g/mol. The zero-order valence-electron chi connectivity index (χ0n) is 8.87. The number of nitrogens with two attached hydrogens (primary N) is 1. The molecule has 0 aliphatic heterocycles. The number of halogens is 2. The predicted molar refractivity (Wildman–Crippen MR) is 52.7 cm³/mol. The number of rotatable bonds is 3. The quantitative estimate of drug-likeness (QED) is 0.834. The Labute approximate surface area is 87.3 Å². The fourth-order valence-electron chi connectivity index (χ4n) is 2.16. The van der Waals surface area contributed by atoms with Gasteiger partial charge in [0.05, 0.1) is 0 Å². The van der Waals surface area contributed by atoms with E-state index in [0.717, 1.165) is 12.8 Å². The lowest BCUT2D eigenvalue weighted by atomic mass is 9.90. The van der Waals surface area contributed by atoms with Crippen molar-refractivity contribution in [3.8, 4) is 0 Å². The van der Waals surface area contributed by atoms with Crippen molar-refractivity contribution in [3.63, 3.8) is 0 Å². The topological polar surface area (TPSA) is 43.8 Å². The van der Waals surface area contributed by atoms with Gasteiger partial charge in [0, 0.05) is 30.3 Å². The molecule has 1 saturated carbocycles. The van der Waals surface area contributed by atoms with Crippen LogP contribution >= 0.6 is 0 Å². The van der Waals surface area contributed by atoms with Gasteiger partial charge in [-0.1, -0.05) is 0 Å². The van der Waals surface area contributed by atoms with E-state index in [-0.39, 0.29) is 17.2 Å². The van der Waals surface area contributed by atoms with Gasteiger partial charge in [-0.2, -0.15) is 5.10 Å². The van der Waals surface area contributed by atoms with Crippen molar-refractivity contribution in [2.45, 2.75) is 37.6 Å². The lowest BCUT2D eigenvalue weighted by Gasteiger charge is -2.19. The third kappa shape index (κ3) is 1.55. The average Bonchev–Trinajstić information content (AvgIpc) is 2.85. The van der Waals surface area contributed by atoms with Crippen LogP contribution in [0.3, 0.4) is 0 Å². The van der Waals surface area contributed by atoms with Crippen molar-refractivity contribution in [1.82, 2.24) is 9.78 Å². The van der Waals surface area contributed by atoms with Crippen molar-refractivity contribution < 1.29 is 8.78 Å². The highest BCUT2D eigenvalue weighted by Crippen LogP contribution is 2.52. The summed E-state index contributed by atoms with van der Waals surface area (Å²) in [4.78, 5) is 0. The molecule has 1 fully saturated rings. The van der Waals surface area contributed by atoms with Crippen molar-refractivity contribution in [2.24, 2.45) is 12.8 Å². The first-order valence-corrected chi connectivity index (χ1v) is 5.05. The SMILES string of the molecule is CC(N)C1(c2cn(C)nc2C(F)F)CC1. The molecule has 2 rings (SSSR count). The summed E-state index contributed by atoms with van der Waals surface area (Å²) in [6.07, 6.45) is 0.932. The van der Waals surface area contributed by atoms with Crippen LogP contribution in [-0.4, -0.2) is 15.8 Å². The zero-order valence-corrected chi connectivity index (χ0v) is 8.87. The fraction of sp³-hybridized carbons (Fsp3) is 0.700. The van der Waals surface area contributed by atoms with Crippen LogP contribution in [0.25, 0.3) is 0 Å². The Morgan fingerprint density at radius 3 is 2.53 bits per heavy atom. The Bertz CT molecular complexity index is 367. The van der Waals surface area contributed by atoms with Gasteiger partial charge < -0.3 is 5.73 Å². The van der Waals surface area contributed by atoms with Crippen molar-refractivity contribution in [2.75, 3.05) is 0 Å². The predicted octanol–water partition coefficient (Wildman–Crippen LogP) is 1.74. The van der Waals surface area contributed by atoms with Crippen LogP contribution in [0.15, 0.2) is 6.20 Å². The highest BCUT2D eigenvalue weighted by molar-refractivity contribution is 5.36. The maximum atomic E-state index is 12.7. The van der Waals surface area contributed by atoms with Crippen LogP contribution in [0.5, 0.6) is 0 Å². The van der Waals surface area contributed by atoms with Gasteiger partial charge in [-0.15, -0.1) is 0 Å². The van der Waals surface area contributed by atoms with E-state index in [1.807, 2.05) is 6.92 Å². The Balaban J connectivity index is 2.44. The van der Waals surface area contributed by atoms with Gasteiger partial charge in [-0.3, -0.25) is 4.68 Å². The summed E-state index contributed by atoms with van der Waals surface area (Å²) >= 11 is 0. The smallest absolute Gasteiger partial charge is 0.282 e. The number of alkyl halides is 2. The first-order valence-electron chi connectivity index (χ1n) is 5.05. The lowest BCUT2D eigenvalue weighted by Crippen LogP contribution is -2.32. The molecule has 3 nitrogen and oxygen atoms in total. The molecule has 1 aliphatic rings. The number of aromatic nitrogens is 2. The molecule has 0 saturated heterocycles. The summed E-state index contributed by atoms with van der Waals surface area (Å²) in [7, 11) is 1.66. The Kier molecular flexibility index (Phi) is 2.30. The van der Waals surface area contributed by atoms with Gasteiger partial charge in [0.15, 0.2) is 0 Å². The summed E-state index contributed by atoms with van der Waals surface area (Å²) in [6, 6.07) is -0.0980. The molecule has 0 aromatic carbocycles. The second-order valence-corrected chi connectivity index (χ2v) is 4.35. The van der Waals surface area contributed by atoms with Crippen LogP contribution in [0.2, 0.25) is 0 Å². The van der Waals surface area contributed by atoms with E-state index >= 15 is 0 Å². The highest BCUT2D eigenvalue weighted by Gasteiger charge is 2.50. The first kappa shape index (κ1) is 10.5. The summed E-state index contributed by atoms with van der Waals surface area (Å²) < 4.78 is 26.9. The van der Waals surface area contributed by atoms with Crippen molar-refractivity contribution in [1.29, 1.82) is 0 Å². The number of nitrogens with zero attached hydrogens (tertiary/aromatic N) is 2. The molecule has 1 aliphatic carbocycles. The molecule has 0 radical (unpaired) electrons. The molecule has 0 spiro atoms. The summed E-state index contributed by atoms with van der Waals surface area (Å²) in [5.74, 6) is 0. The van der Waals surface area contributed by atoms with E-state index in [0.29, 0.717) is 5.56 Å². The molecule has 84 valence electrons. The van der Waals surface area contributed by atoms with Crippen molar-refractivity contribution in [3.05, 3.63) is 17.5 Å².